The van der Waals surface area contributed by atoms with E-state index in [0.29, 0.717) is 12.8 Å². The lowest BCUT2D eigenvalue weighted by atomic mass is 9.93. The third kappa shape index (κ3) is 4.96. The minimum atomic E-state index is -0.166. The van der Waals surface area contributed by atoms with E-state index in [2.05, 4.69) is 25.7 Å². The minimum absolute atomic E-state index is 0.0589. The van der Waals surface area contributed by atoms with Crippen molar-refractivity contribution in [2.24, 2.45) is 11.7 Å². The number of cyclic esters (lactones) is 1. The maximum absolute atomic E-state index is 11.8. The van der Waals surface area contributed by atoms with E-state index >= 15 is 0 Å². The van der Waals surface area contributed by atoms with Gasteiger partial charge < -0.3 is 15.8 Å². The first-order valence-electron chi connectivity index (χ1n) is 7.29. The molecule has 1 rings (SSSR count). The molecular weight excluding hydrogens is 240 g/mol. The number of nitrogens with one attached hydrogen (secondary N) is 1. The molecule has 0 unspecified atom stereocenters. The molecule has 1 heterocycles. The number of esters is 1. The van der Waals surface area contributed by atoms with Crippen LogP contribution in [0.15, 0.2) is 12.2 Å². The minimum Gasteiger partial charge on any atom is -0.460 e. The fourth-order valence-corrected chi connectivity index (χ4v) is 2.46. The Morgan fingerprint density at radius 1 is 1.63 bits per heavy atom. The van der Waals surface area contributed by atoms with Gasteiger partial charge in [-0.25, -0.2) is 0 Å². The molecule has 1 saturated heterocycles. The average Bonchev–Trinajstić information content (AvgIpc) is 2.69. The summed E-state index contributed by atoms with van der Waals surface area (Å²) in [5.74, 6) is -0.180. The van der Waals surface area contributed by atoms with Crippen LogP contribution in [0.2, 0.25) is 0 Å². The number of carbonyl (C=O) groups is 1. The summed E-state index contributed by atoms with van der Waals surface area (Å²) in [5, 5.41) is 3.40. The van der Waals surface area contributed by atoms with E-state index < -0.39 is 0 Å². The van der Waals surface area contributed by atoms with E-state index in [0.717, 1.165) is 25.0 Å². The van der Waals surface area contributed by atoms with Crippen molar-refractivity contribution in [2.45, 2.75) is 64.6 Å². The van der Waals surface area contributed by atoms with Gasteiger partial charge in [-0.1, -0.05) is 18.9 Å². The molecule has 1 aliphatic heterocycles. The van der Waals surface area contributed by atoms with Crippen molar-refractivity contribution in [3.8, 4) is 0 Å². The van der Waals surface area contributed by atoms with Crippen molar-refractivity contribution in [1.29, 1.82) is 0 Å². The van der Waals surface area contributed by atoms with Crippen LogP contribution in [0.4, 0.5) is 0 Å². The lowest BCUT2D eigenvalue weighted by Crippen LogP contribution is -2.50. The number of ether oxygens (including phenoxy) is 1. The summed E-state index contributed by atoms with van der Waals surface area (Å²) >= 11 is 0. The fraction of sp³-hybridized carbons (Fsp3) is 0.800. The van der Waals surface area contributed by atoms with E-state index in [1.165, 1.54) is 0 Å². The normalized spacial score (nSPS) is 26.0. The second-order valence-corrected chi connectivity index (χ2v) is 5.74. The van der Waals surface area contributed by atoms with Crippen LogP contribution in [0.25, 0.3) is 0 Å². The van der Waals surface area contributed by atoms with Gasteiger partial charge in [0.25, 0.3) is 0 Å². The molecule has 0 aromatic rings. The van der Waals surface area contributed by atoms with Crippen molar-refractivity contribution in [3.05, 3.63) is 12.2 Å². The zero-order chi connectivity index (χ0) is 14.4. The second kappa shape index (κ2) is 7.65. The zero-order valence-electron chi connectivity index (χ0n) is 12.4. The highest BCUT2D eigenvalue weighted by Crippen LogP contribution is 2.28. The van der Waals surface area contributed by atoms with Crippen molar-refractivity contribution in [3.63, 3.8) is 0 Å². The molecule has 0 saturated carbocycles. The number of rotatable bonds is 8. The molecule has 0 aromatic carbocycles. The maximum atomic E-state index is 11.8. The topological polar surface area (TPSA) is 64.3 Å². The Morgan fingerprint density at radius 3 is 2.89 bits per heavy atom. The van der Waals surface area contributed by atoms with Crippen molar-refractivity contribution < 1.29 is 9.53 Å². The van der Waals surface area contributed by atoms with Gasteiger partial charge >= 0.3 is 5.97 Å². The quantitative estimate of drug-likeness (QED) is 0.401. The molecular formula is C15H28N2O2. The number of nitrogens with two attached hydrogens (primary N) is 1. The third-order valence-corrected chi connectivity index (χ3v) is 3.72. The van der Waals surface area contributed by atoms with Crippen LogP contribution in [0.1, 0.15) is 46.5 Å². The van der Waals surface area contributed by atoms with Gasteiger partial charge in [0, 0.05) is 6.04 Å². The van der Waals surface area contributed by atoms with Gasteiger partial charge in [0.1, 0.15) is 6.10 Å². The van der Waals surface area contributed by atoms with Gasteiger partial charge in [0.2, 0.25) is 0 Å². The Morgan fingerprint density at radius 2 is 2.32 bits per heavy atom. The number of hydrogen-bond donors (Lipinski definition) is 2. The lowest BCUT2D eigenvalue weighted by molar-refractivity contribution is -0.145. The molecule has 4 heteroatoms. The fourth-order valence-electron chi connectivity index (χ4n) is 2.46. The summed E-state index contributed by atoms with van der Waals surface area (Å²) < 4.78 is 5.42. The number of unbranched alkanes of at least 4 members (excludes halogenated alkanes) is 1. The third-order valence-electron chi connectivity index (χ3n) is 3.72. The van der Waals surface area contributed by atoms with Gasteiger partial charge in [0.15, 0.2) is 0 Å². The van der Waals surface area contributed by atoms with Crippen LogP contribution in [-0.2, 0) is 9.53 Å². The lowest BCUT2D eigenvalue weighted by Gasteiger charge is -2.25. The van der Waals surface area contributed by atoms with Crippen LogP contribution in [0.5, 0.6) is 0 Å². The molecule has 0 radical (unpaired) electrons. The summed E-state index contributed by atoms with van der Waals surface area (Å²) in [4.78, 5) is 11.8. The summed E-state index contributed by atoms with van der Waals surface area (Å²) in [6.45, 7) is 11.0. The van der Waals surface area contributed by atoms with Crippen molar-refractivity contribution in [1.82, 2.24) is 5.32 Å². The van der Waals surface area contributed by atoms with Gasteiger partial charge in [-0.15, -0.1) is 6.58 Å². The Labute approximate surface area is 116 Å². The zero-order valence-corrected chi connectivity index (χ0v) is 12.4. The van der Waals surface area contributed by atoms with Crippen LogP contribution >= 0.6 is 0 Å². The molecule has 4 nitrogen and oxygen atoms in total. The first-order valence-corrected chi connectivity index (χ1v) is 7.29. The summed E-state index contributed by atoms with van der Waals surface area (Å²) in [7, 11) is 0. The standard InChI is InChI=1S/C15H28N2O2/c1-5-6-7-17-11(4)14(16)13-9-12(8-10(2)3)15(18)19-13/h11-14,17H,2,5-9,16H2,1,3-4H3/t11-,12-,13+,14+/m1/s1. The summed E-state index contributed by atoms with van der Waals surface area (Å²) in [5.41, 5.74) is 7.22. The summed E-state index contributed by atoms with van der Waals surface area (Å²) in [6.07, 6.45) is 3.56. The molecule has 0 bridgehead atoms. The predicted molar refractivity (Wildman–Crippen MR) is 77.8 cm³/mol. The van der Waals surface area contributed by atoms with E-state index in [1.807, 2.05) is 6.92 Å². The molecule has 19 heavy (non-hydrogen) atoms. The molecule has 4 atom stereocenters. The monoisotopic (exact) mass is 268 g/mol. The smallest absolute Gasteiger partial charge is 0.309 e. The molecule has 110 valence electrons. The van der Waals surface area contributed by atoms with Gasteiger partial charge in [0.05, 0.1) is 12.0 Å². The number of allylic oxidation sites excluding steroid dienone is 1. The van der Waals surface area contributed by atoms with E-state index in [4.69, 9.17) is 10.5 Å². The molecule has 0 aliphatic carbocycles. The molecule has 0 amide bonds. The Kier molecular flexibility index (Phi) is 6.52. The van der Waals surface area contributed by atoms with Gasteiger partial charge in [-0.05, 0) is 39.7 Å². The number of carbonyl (C=O) groups excluding carboxylic acids is 1. The van der Waals surface area contributed by atoms with E-state index in [-0.39, 0.29) is 30.1 Å². The second-order valence-electron chi connectivity index (χ2n) is 5.74. The first-order chi connectivity index (χ1) is 8.95. The van der Waals surface area contributed by atoms with Crippen LogP contribution in [0, 0.1) is 5.92 Å². The Bertz CT molecular complexity index is 317. The van der Waals surface area contributed by atoms with Crippen molar-refractivity contribution >= 4 is 5.97 Å². The molecule has 1 fully saturated rings. The number of hydrogen-bond acceptors (Lipinski definition) is 4. The SMILES string of the molecule is C=C(C)C[C@@H]1C[C@@H]([C@@H](N)[C@@H](C)NCCCC)OC1=O. The average molecular weight is 268 g/mol. The summed E-state index contributed by atoms with van der Waals surface area (Å²) in [6, 6.07) is 0.0175. The van der Waals surface area contributed by atoms with Crippen LogP contribution in [-0.4, -0.2) is 30.7 Å². The molecule has 0 spiro atoms. The predicted octanol–water partition coefficient (Wildman–Crippen LogP) is 1.99. The molecule has 1 aliphatic rings. The van der Waals surface area contributed by atoms with Crippen LogP contribution in [0.3, 0.4) is 0 Å². The van der Waals surface area contributed by atoms with E-state index in [9.17, 15) is 4.79 Å². The maximum Gasteiger partial charge on any atom is 0.309 e. The highest BCUT2D eigenvalue weighted by atomic mass is 16.6. The molecule has 0 aromatic heterocycles. The Balaban J connectivity index is 2.43. The Hall–Kier alpha value is -0.870. The molecule has 3 N–H and O–H groups in total. The largest absolute Gasteiger partial charge is 0.460 e. The highest BCUT2D eigenvalue weighted by molar-refractivity contribution is 5.75. The van der Waals surface area contributed by atoms with Crippen molar-refractivity contribution in [2.75, 3.05) is 6.54 Å². The van der Waals surface area contributed by atoms with Gasteiger partial charge in [-0.2, -0.15) is 0 Å². The van der Waals surface area contributed by atoms with E-state index in [1.54, 1.807) is 0 Å². The highest BCUT2D eigenvalue weighted by Gasteiger charge is 2.38. The van der Waals surface area contributed by atoms with Gasteiger partial charge in [-0.3, -0.25) is 4.79 Å². The first kappa shape index (κ1) is 16.2. The van der Waals surface area contributed by atoms with Crippen LogP contribution < -0.4 is 11.1 Å².